The van der Waals surface area contributed by atoms with Crippen LogP contribution in [0, 0.1) is 5.82 Å². The van der Waals surface area contributed by atoms with Gasteiger partial charge in [-0.2, -0.15) is 0 Å². The summed E-state index contributed by atoms with van der Waals surface area (Å²) in [6.45, 7) is 1.68. The van der Waals surface area contributed by atoms with Gasteiger partial charge in [-0.1, -0.05) is 36.4 Å². The molecule has 1 aliphatic heterocycles. The zero-order valence-corrected chi connectivity index (χ0v) is 15.3. The Morgan fingerprint density at radius 3 is 2.79 bits per heavy atom. The number of fused-ring (bicyclic) bond motifs is 1. The summed E-state index contributed by atoms with van der Waals surface area (Å²) >= 11 is 0. The quantitative estimate of drug-likeness (QED) is 0.515. The summed E-state index contributed by atoms with van der Waals surface area (Å²) in [5, 5.41) is 10.7. The minimum Gasteiger partial charge on any atom is -0.418 e. The molecule has 6 heteroatoms. The highest BCUT2D eigenvalue weighted by atomic mass is 19.1. The molecule has 2 aromatic carbocycles. The summed E-state index contributed by atoms with van der Waals surface area (Å²) < 4.78 is 19.2. The van der Waals surface area contributed by atoms with Crippen LogP contribution in [0.25, 0.3) is 22.4 Å². The Morgan fingerprint density at radius 2 is 1.89 bits per heavy atom. The molecule has 0 unspecified atom stereocenters. The van der Waals surface area contributed by atoms with E-state index in [2.05, 4.69) is 20.1 Å². The predicted octanol–water partition coefficient (Wildman–Crippen LogP) is 4.76. The van der Waals surface area contributed by atoms with Gasteiger partial charge in [-0.05, 0) is 48.5 Å². The first-order valence-corrected chi connectivity index (χ1v) is 9.44. The monoisotopic (exact) mass is 374 g/mol. The van der Waals surface area contributed by atoms with E-state index in [1.165, 1.54) is 12.1 Å². The fraction of sp³-hybridized carbons (Fsp3) is 0.227. The van der Waals surface area contributed by atoms with Crippen molar-refractivity contribution in [3.05, 3.63) is 78.1 Å². The molecule has 1 fully saturated rings. The summed E-state index contributed by atoms with van der Waals surface area (Å²) in [7, 11) is 0. The van der Waals surface area contributed by atoms with E-state index in [9.17, 15) is 4.39 Å². The van der Waals surface area contributed by atoms with Gasteiger partial charge in [0, 0.05) is 18.1 Å². The van der Waals surface area contributed by atoms with Crippen molar-refractivity contribution in [2.24, 2.45) is 0 Å². The number of pyridine rings is 1. The largest absolute Gasteiger partial charge is 0.418 e. The van der Waals surface area contributed by atoms with Gasteiger partial charge < -0.3 is 4.42 Å². The van der Waals surface area contributed by atoms with E-state index in [4.69, 9.17) is 4.42 Å². The first-order valence-electron chi connectivity index (χ1n) is 9.44. The minimum absolute atomic E-state index is 0.0706. The number of nitrogens with zero attached hydrogens (tertiary/aromatic N) is 4. The van der Waals surface area contributed by atoms with Crippen LogP contribution in [-0.2, 0) is 6.54 Å². The molecule has 0 spiro atoms. The average Bonchev–Trinajstić information content (AvgIpc) is 3.38. The van der Waals surface area contributed by atoms with E-state index in [0.717, 1.165) is 42.3 Å². The number of hydrogen-bond acceptors (Lipinski definition) is 5. The molecule has 0 bridgehead atoms. The molecule has 5 rings (SSSR count). The Kier molecular flexibility index (Phi) is 4.33. The molecule has 0 radical (unpaired) electrons. The minimum atomic E-state index is -0.217. The molecule has 0 saturated carbocycles. The van der Waals surface area contributed by atoms with Crippen molar-refractivity contribution in [1.82, 2.24) is 20.1 Å². The third-order valence-electron chi connectivity index (χ3n) is 5.26. The van der Waals surface area contributed by atoms with Crippen LogP contribution < -0.4 is 0 Å². The lowest BCUT2D eigenvalue weighted by Gasteiger charge is -2.21. The van der Waals surface area contributed by atoms with Crippen molar-refractivity contribution < 1.29 is 8.81 Å². The highest BCUT2D eigenvalue weighted by molar-refractivity contribution is 5.92. The van der Waals surface area contributed by atoms with E-state index in [0.29, 0.717) is 17.5 Å². The number of aromatic nitrogens is 3. The number of likely N-dealkylation sites (tertiary alicyclic amines) is 1. The first kappa shape index (κ1) is 17.0. The van der Waals surface area contributed by atoms with Crippen LogP contribution in [0.4, 0.5) is 4.39 Å². The average molecular weight is 374 g/mol. The number of benzene rings is 2. The van der Waals surface area contributed by atoms with E-state index in [1.807, 2.05) is 42.5 Å². The zero-order valence-electron chi connectivity index (χ0n) is 15.3. The Morgan fingerprint density at radius 1 is 1.04 bits per heavy atom. The van der Waals surface area contributed by atoms with Crippen molar-refractivity contribution in [2.45, 2.75) is 25.4 Å². The molecule has 3 heterocycles. The van der Waals surface area contributed by atoms with Crippen molar-refractivity contribution in [1.29, 1.82) is 0 Å². The molecule has 28 heavy (non-hydrogen) atoms. The van der Waals surface area contributed by atoms with Crippen LogP contribution in [0.3, 0.4) is 0 Å². The van der Waals surface area contributed by atoms with Gasteiger partial charge in [0.2, 0.25) is 5.89 Å². The lowest BCUT2D eigenvalue weighted by atomic mass is 10.1. The molecule has 4 aromatic rings. The summed E-state index contributed by atoms with van der Waals surface area (Å²) in [6, 6.07) is 16.7. The fourth-order valence-electron chi connectivity index (χ4n) is 3.87. The van der Waals surface area contributed by atoms with Crippen molar-refractivity contribution >= 4 is 10.8 Å². The maximum atomic E-state index is 13.2. The third-order valence-corrected chi connectivity index (χ3v) is 5.26. The molecular formula is C22H19FN4O. The highest BCUT2D eigenvalue weighted by Crippen LogP contribution is 2.34. The predicted molar refractivity (Wildman–Crippen MR) is 104 cm³/mol. The Labute approximate surface area is 161 Å². The topological polar surface area (TPSA) is 55.1 Å². The molecule has 1 atom stereocenters. The molecule has 140 valence electrons. The van der Waals surface area contributed by atoms with Crippen molar-refractivity contribution in [2.75, 3.05) is 6.54 Å². The van der Waals surface area contributed by atoms with Crippen molar-refractivity contribution in [3.63, 3.8) is 0 Å². The Balaban J connectivity index is 1.42. The van der Waals surface area contributed by atoms with E-state index in [1.54, 1.807) is 6.20 Å². The van der Waals surface area contributed by atoms with Gasteiger partial charge in [0.15, 0.2) is 0 Å². The van der Waals surface area contributed by atoms with Gasteiger partial charge in [0.1, 0.15) is 11.5 Å². The maximum absolute atomic E-state index is 13.2. The van der Waals surface area contributed by atoms with E-state index < -0.39 is 0 Å². The number of hydrogen-bond donors (Lipinski definition) is 0. The molecule has 1 saturated heterocycles. The summed E-state index contributed by atoms with van der Waals surface area (Å²) in [5.74, 6) is 0.843. The van der Waals surface area contributed by atoms with Gasteiger partial charge in [-0.3, -0.25) is 9.88 Å². The molecular weight excluding hydrogens is 355 g/mol. The van der Waals surface area contributed by atoms with Crippen LogP contribution >= 0.6 is 0 Å². The smallest absolute Gasteiger partial charge is 0.266 e. The third kappa shape index (κ3) is 3.16. The summed E-state index contributed by atoms with van der Waals surface area (Å²) in [6.07, 6.45) is 3.79. The SMILES string of the molecule is Fc1ccc(CN2CCC[C@@H]2c2nnc(-c3nccc4ccccc34)o2)cc1. The highest BCUT2D eigenvalue weighted by Gasteiger charge is 2.31. The van der Waals surface area contributed by atoms with Gasteiger partial charge in [-0.15, -0.1) is 10.2 Å². The van der Waals surface area contributed by atoms with Crippen LogP contribution in [-0.4, -0.2) is 26.6 Å². The van der Waals surface area contributed by atoms with Crippen LogP contribution in [0.2, 0.25) is 0 Å². The van der Waals surface area contributed by atoms with Gasteiger partial charge in [-0.25, -0.2) is 4.39 Å². The summed E-state index contributed by atoms with van der Waals surface area (Å²) in [5.41, 5.74) is 1.78. The lowest BCUT2D eigenvalue weighted by Crippen LogP contribution is -2.23. The van der Waals surface area contributed by atoms with E-state index in [-0.39, 0.29) is 11.9 Å². The standard InChI is InChI=1S/C22H19FN4O/c23-17-9-7-15(8-10-17)14-27-13-3-6-19(27)21-25-26-22(28-21)20-18-5-2-1-4-16(18)11-12-24-20/h1-2,4-5,7-12,19H,3,6,13-14H2/t19-/m1/s1. The number of halogens is 1. The second-order valence-corrected chi connectivity index (χ2v) is 7.08. The molecule has 0 aliphatic carbocycles. The Hall–Kier alpha value is -3.12. The number of rotatable bonds is 4. The molecule has 2 aromatic heterocycles. The fourth-order valence-corrected chi connectivity index (χ4v) is 3.87. The van der Waals surface area contributed by atoms with Gasteiger partial charge in [0.05, 0.1) is 6.04 Å². The zero-order chi connectivity index (χ0) is 18.9. The first-order chi connectivity index (χ1) is 13.8. The molecule has 0 N–H and O–H groups in total. The normalized spacial score (nSPS) is 17.4. The van der Waals surface area contributed by atoms with Crippen LogP contribution in [0.15, 0.2) is 65.2 Å². The van der Waals surface area contributed by atoms with E-state index >= 15 is 0 Å². The van der Waals surface area contributed by atoms with Gasteiger partial charge in [0.25, 0.3) is 5.89 Å². The maximum Gasteiger partial charge on any atom is 0.266 e. The molecule has 5 nitrogen and oxygen atoms in total. The lowest BCUT2D eigenvalue weighted by molar-refractivity contribution is 0.215. The van der Waals surface area contributed by atoms with Crippen molar-refractivity contribution in [3.8, 4) is 11.6 Å². The van der Waals surface area contributed by atoms with Crippen LogP contribution in [0.1, 0.15) is 30.3 Å². The van der Waals surface area contributed by atoms with Crippen LogP contribution in [0.5, 0.6) is 0 Å². The Bertz CT molecular complexity index is 1100. The van der Waals surface area contributed by atoms with Gasteiger partial charge >= 0.3 is 0 Å². The molecule has 0 amide bonds. The summed E-state index contributed by atoms with van der Waals surface area (Å²) in [4.78, 5) is 6.77. The molecule has 1 aliphatic rings. The second-order valence-electron chi connectivity index (χ2n) is 7.08. The second kappa shape index (κ2) is 7.13.